The standard InChI is InChI=1S/C17H19N5O3/c1-25-13-4-5-15(20-8-13)22-9-14(21-11-22)17(10-18)7-12(17)3-2-6-19-16(23)24/h4-5,8-9,11-12,19H,2-3,6-7H2,1H3,(H,23,24). The first-order chi connectivity index (χ1) is 12.1. The van der Waals surface area contributed by atoms with Crippen LogP contribution in [0, 0.1) is 17.2 Å². The Labute approximate surface area is 145 Å². The molecule has 3 rings (SSSR count). The number of methoxy groups -OCH3 is 1. The van der Waals surface area contributed by atoms with Crippen LogP contribution in [0.15, 0.2) is 30.9 Å². The van der Waals surface area contributed by atoms with Crippen molar-refractivity contribution >= 4 is 6.09 Å². The van der Waals surface area contributed by atoms with Gasteiger partial charge in [0.15, 0.2) is 0 Å². The third kappa shape index (κ3) is 3.40. The van der Waals surface area contributed by atoms with E-state index in [0.717, 1.165) is 18.5 Å². The van der Waals surface area contributed by atoms with E-state index in [-0.39, 0.29) is 5.92 Å². The van der Waals surface area contributed by atoms with Gasteiger partial charge in [0.05, 0.1) is 25.1 Å². The summed E-state index contributed by atoms with van der Waals surface area (Å²) < 4.78 is 6.88. The van der Waals surface area contributed by atoms with Crippen molar-refractivity contribution in [3.63, 3.8) is 0 Å². The minimum atomic E-state index is -1.02. The molecule has 2 atom stereocenters. The third-order valence-electron chi connectivity index (χ3n) is 4.57. The Hall–Kier alpha value is -3.08. The highest BCUT2D eigenvalue weighted by molar-refractivity contribution is 5.64. The van der Waals surface area contributed by atoms with Crippen LogP contribution in [0.25, 0.3) is 5.82 Å². The van der Waals surface area contributed by atoms with Crippen molar-refractivity contribution in [3.05, 3.63) is 36.5 Å². The zero-order valence-corrected chi connectivity index (χ0v) is 13.8. The van der Waals surface area contributed by atoms with Crippen LogP contribution in [-0.2, 0) is 5.41 Å². The Bertz CT molecular complexity index is 795. The highest BCUT2D eigenvalue weighted by Crippen LogP contribution is 2.55. The number of rotatable bonds is 7. The lowest BCUT2D eigenvalue weighted by molar-refractivity contribution is 0.194. The van der Waals surface area contributed by atoms with Gasteiger partial charge in [-0.1, -0.05) is 0 Å². The van der Waals surface area contributed by atoms with E-state index in [4.69, 9.17) is 9.84 Å². The maximum Gasteiger partial charge on any atom is 0.404 e. The fraction of sp³-hybridized carbons (Fsp3) is 0.412. The van der Waals surface area contributed by atoms with Crippen LogP contribution in [0.5, 0.6) is 5.75 Å². The number of hydrogen-bond donors (Lipinski definition) is 2. The van der Waals surface area contributed by atoms with E-state index in [1.54, 1.807) is 24.2 Å². The summed E-state index contributed by atoms with van der Waals surface area (Å²) in [5, 5.41) is 20.6. The molecule has 2 aromatic heterocycles. The molecule has 0 bridgehead atoms. The Morgan fingerprint density at radius 3 is 3.04 bits per heavy atom. The predicted molar refractivity (Wildman–Crippen MR) is 88.6 cm³/mol. The van der Waals surface area contributed by atoms with Crippen molar-refractivity contribution < 1.29 is 14.6 Å². The molecule has 1 amide bonds. The summed E-state index contributed by atoms with van der Waals surface area (Å²) in [5.41, 5.74) is 0.171. The number of pyridine rings is 1. The first-order valence-corrected chi connectivity index (χ1v) is 8.02. The Morgan fingerprint density at radius 1 is 1.56 bits per heavy atom. The van der Waals surface area contributed by atoms with Gasteiger partial charge in [-0.2, -0.15) is 5.26 Å². The summed E-state index contributed by atoms with van der Waals surface area (Å²) >= 11 is 0. The molecule has 0 aliphatic heterocycles. The summed E-state index contributed by atoms with van der Waals surface area (Å²) in [7, 11) is 1.59. The zero-order valence-electron chi connectivity index (χ0n) is 13.8. The molecule has 1 aliphatic rings. The third-order valence-corrected chi connectivity index (χ3v) is 4.57. The second-order valence-electron chi connectivity index (χ2n) is 6.08. The summed E-state index contributed by atoms with van der Waals surface area (Å²) in [4.78, 5) is 19.2. The minimum absolute atomic E-state index is 0.209. The van der Waals surface area contributed by atoms with Crippen LogP contribution < -0.4 is 10.1 Å². The fourth-order valence-corrected chi connectivity index (χ4v) is 3.05. The number of amides is 1. The Morgan fingerprint density at radius 2 is 2.40 bits per heavy atom. The number of nitrogens with one attached hydrogen (secondary N) is 1. The average Bonchev–Trinajstić information content (AvgIpc) is 3.12. The number of carboxylic acid groups (broad SMARTS) is 1. The van der Waals surface area contributed by atoms with Gasteiger partial charge < -0.3 is 15.2 Å². The molecule has 2 aromatic rings. The van der Waals surface area contributed by atoms with Crippen LogP contribution in [-0.4, -0.2) is 39.4 Å². The van der Waals surface area contributed by atoms with E-state index in [1.807, 2.05) is 18.3 Å². The van der Waals surface area contributed by atoms with E-state index < -0.39 is 11.5 Å². The SMILES string of the molecule is COc1ccc(-n2cnc(C3(C#N)CC3CCCNC(=O)O)c2)nc1. The van der Waals surface area contributed by atoms with E-state index in [2.05, 4.69) is 21.4 Å². The Kier molecular flexibility index (Phi) is 4.57. The van der Waals surface area contributed by atoms with Gasteiger partial charge in [-0.15, -0.1) is 0 Å². The summed E-state index contributed by atoms with van der Waals surface area (Å²) in [6.07, 6.45) is 6.36. The molecular formula is C17H19N5O3. The van der Waals surface area contributed by atoms with Crippen molar-refractivity contribution in [3.8, 4) is 17.6 Å². The molecule has 0 radical (unpaired) electrons. The normalized spacial score (nSPS) is 21.4. The summed E-state index contributed by atoms with van der Waals surface area (Å²) in [6, 6.07) is 6.04. The van der Waals surface area contributed by atoms with Crippen LogP contribution in [0.4, 0.5) is 4.79 Å². The highest BCUT2D eigenvalue weighted by Gasteiger charge is 2.57. The summed E-state index contributed by atoms with van der Waals surface area (Å²) in [5.74, 6) is 1.59. The van der Waals surface area contributed by atoms with E-state index in [9.17, 15) is 10.1 Å². The number of imidazole rings is 1. The number of aromatic nitrogens is 3. The second kappa shape index (κ2) is 6.81. The van der Waals surface area contributed by atoms with E-state index in [1.165, 1.54) is 0 Å². The number of carbonyl (C=O) groups is 1. The monoisotopic (exact) mass is 341 g/mol. The van der Waals surface area contributed by atoms with Crippen LogP contribution in [0.2, 0.25) is 0 Å². The van der Waals surface area contributed by atoms with Gasteiger partial charge in [0.1, 0.15) is 23.3 Å². The molecule has 2 heterocycles. The lowest BCUT2D eigenvalue weighted by atomic mass is 9.99. The van der Waals surface area contributed by atoms with Gasteiger partial charge >= 0.3 is 6.09 Å². The average molecular weight is 341 g/mol. The highest BCUT2D eigenvalue weighted by atomic mass is 16.5. The fourth-order valence-electron chi connectivity index (χ4n) is 3.05. The molecule has 8 nitrogen and oxygen atoms in total. The molecular weight excluding hydrogens is 322 g/mol. The van der Waals surface area contributed by atoms with Gasteiger partial charge in [-0.05, 0) is 37.3 Å². The van der Waals surface area contributed by atoms with Crippen molar-refractivity contribution in [2.75, 3.05) is 13.7 Å². The van der Waals surface area contributed by atoms with Gasteiger partial charge in [0, 0.05) is 12.7 Å². The van der Waals surface area contributed by atoms with Crippen LogP contribution in [0.3, 0.4) is 0 Å². The van der Waals surface area contributed by atoms with Crippen molar-refractivity contribution in [2.45, 2.75) is 24.7 Å². The molecule has 1 saturated carbocycles. The number of nitriles is 1. The number of ether oxygens (including phenoxy) is 1. The van der Waals surface area contributed by atoms with Gasteiger partial charge in [0.25, 0.3) is 0 Å². The van der Waals surface area contributed by atoms with Crippen molar-refractivity contribution in [1.82, 2.24) is 19.9 Å². The molecule has 25 heavy (non-hydrogen) atoms. The lowest BCUT2D eigenvalue weighted by Gasteiger charge is -2.06. The second-order valence-corrected chi connectivity index (χ2v) is 6.08. The number of hydrogen-bond acceptors (Lipinski definition) is 5. The van der Waals surface area contributed by atoms with Gasteiger partial charge in [-0.25, -0.2) is 14.8 Å². The largest absolute Gasteiger partial charge is 0.495 e. The molecule has 130 valence electrons. The minimum Gasteiger partial charge on any atom is -0.495 e. The topological polar surface area (TPSA) is 113 Å². The van der Waals surface area contributed by atoms with Crippen molar-refractivity contribution in [1.29, 1.82) is 5.26 Å². The van der Waals surface area contributed by atoms with E-state index >= 15 is 0 Å². The molecule has 1 aliphatic carbocycles. The smallest absolute Gasteiger partial charge is 0.404 e. The Balaban J connectivity index is 1.66. The molecule has 0 saturated heterocycles. The first-order valence-electron chi connectivity index (χ1n) is 8.02. The predicted octanol–water partition coefficient (Wildman–Crippen LogP) is 2.10. The molecule has 8 heteroatoms. The zero-order chi connectivity index (χ0) is 17.9. The quantitative estimate of drug-likeness (QED) is 0.746. The first kappa shape index (κ1) is 16.8. The molecule has 2 unspecified atom stereocenters. The molecule has 0 aromatic carbocycles. The number of nitrogens with zero attached hydrogens (tertiary/aromatic N) is 4. The lowest BCUT2D eigenvalue weighted by Crippen LogP contribution is -2.22. The molecule has 2 N–H and O–H groups in total. The van der Waals surface area contributed by atoms with Crippen molar-refractivity contribution in [2.24, 2.45) is 5.92 Å². The van der Waals surface area contributed by atoms with Crippen LogP contribution in [0.1, 0.15) is 25.0 Å². The van der Waals surface area contributed by atoms with Gasteiger partial charge in [-0.3, -0.25) is 4.57 Å². The maximum absolute atomic E-state index is 10.5. The maximum atomic E-state index is 10.5. The molecule has 0 spiro atoms. The van der Waals surface area contributed by atoms with E-state index in [0.29, 0.717) is 24.5 Å². The molecule has 1 fully saturated rings. The van der Waals surface area contributed by atoms with Crippen LogP contribution >= 0.6 is 0 Å². The van der Waals surface area contributed by atoms with Gasteiger partial charge in [0.2, 0.25) is 0 Å². The summed E-state index contributed by atoms with van der Waals surface area (Å²) in [6.45, 7) is 0.400.